The van der Waals surface area contributed by atoms with Gasteiger partial charge in [0.2, 0.25) is 0 Å². The number of nitrogens with one attached hydrogen (secondary N) is 1. The molecule has 18 heavy (non-hydrogen) atoms. The fourth-order valence-electron chi connectivity index (χ4n) is 2.44. The third-order valence-electron chi connectivity index (χ3n) is 3.39. The van der Waals surface area contributed by atoms with Crippen molar-refractivity contribution in [2.75, 3.05) is 26.2 Å². The van der Waals surface area contributed by atoms with Crippen LogP contribution in [0.5, 0.6) is 11.5 Å². The van der Waals surface area contributed by atoms with Gasteiger partial charge in [0.15, 0.2) is 11.5 Å². The Balaban J connectivity index is 2.28. The highest BCUT2D eigenvalue weighted by Crippen LogP contribution is 2.37. The second kappa shape index (κ2) is 5.89. The number of phenols is 2. The standard InChI is InChI=1S/C14H20N2O2/c1-2-4-12(16-9-7-15-8-10-16)11-5-3-6-13(17)14(11)18/h2-3,5-6,12,15,17-18H,1,4,7-10H2/t12-/m1/s1. The molecule has 1 aromatic rings. The lowest BCUT2D eigenvalue weighted by Gasteiger charge is -2.35. The van der Waals surface area contributed by atoms with E-state index < -0.39 is 0 Å². The molecule has 0 radical (unpaired) electrons. The molecule has 1 heterocycles. The maximum atomic E-state index is 10.00. The minimum Gasteiger partial charge on any atom is -0.504 e. The lowest BCUT2D eigenvalue weighted by atomic mass is 9.99. The number of hydrogen-bond donors (Lipinski definition) is 3. The van der Waals surface area contributed by atoms with Gasteiger partial charge in [0.25, 0.3) is 0 Å². The van der Waals surface area contributed by atoms with Crippen LogP contribution in [-0.2, 0) is 0 Å². The maximum absolute atomic E-state index is 10.00. The van der Waals surface area contributed by atoms with E-state index in [9.17, 15) is 10.2 Å². The summed E-state index contributed by atoms with van der Waals surface area (Å²) in [6, 6.07) is 5.21. The van der Waals surface area contributed by atoms with Crippen LogP contribution in [0.1, 0.15) is 18.0 Å². The zero-order valence-electron chi connectivity index (χ0n) is 10.5. The predicted octanol–water partition coefficient (Wildman–Crippen LogP) is 1.62. The SMILES string of the molecule is C=CC[C@H](c1cccc(O)c1O)N1CCNCC1. The zero-order chi connectivity index (χ0) is 13.0. The van der Waals surface area contributed by atoms with Crippen molar-refractivity contribution >= 4 is 0 Å². The lowest BCUT2D eigenvalue weighted by Crippen LogP contribution is -2.45. The molecule has 0 saturated carbocycles. The van der Waals surface area contributed by atoms with Crippen molar-refractivity contribution in [3.05, 3.63) is 36.4 Å². The first-order valence-corrected chi connectivity index (χ1v) is 6.30. The van der Waals surface area contributed by atoms with E-state index in [1.54, 1.807) is 6.07 Å². The van der Waals surface area contributed by atoms with Gasteiger partial charge in [0.1, 0.15) is 0 Å². The molecule has 1 atom stereocenters. The molecule has 1 aromatic carbocycles. The smallest absolute Gasteiger partial charge is 0.162 e. The summed E-state index contributed by atoms with van der Waals surface area (Å²) in [6.07, 6.45) is 2.62. The van der Waals surface area contributed by atoms with E-state index in [0.717, 1.165) is 38.2 Å². The lowest BCUT2D eigenvalue weighted by molar-refractivity contribution is 0.171. The largest absolute Gasteiger partial charge is 0.504 e. The Morgan fingerprint density at radius 2 is 2.06 bits per heavy atom. The Kier molecular flexibility index (Phi) is 4.23. The fourth-order valence-corrected chi connectivity index (χ4v) is 2.44. The zero-order valence-corrected chi connectivity index (χ0v) is 10.5. The van der Waals surface area contributed by atoms with Crippen molar-refractivity contribution in [2.45, 2.75) is 12.5 Å². The summed E-state index contributed by atoms with van der Waals surface area (Å²) in [7, 11) is 0. The Bertz CT molecular complexity index is 414. The van der Waals surface area contributed by atoms with Gasteiger partial charge in [-0.15, -0.1) is 6.58 Å². The summed E-state index contributed by atoms with van der Waals surface area (Å²) >= 11 is 0. The number of benzene rings is 1. The summed E-state index contributed by atoms with van der Waals surface area (Å²) < 4.78 is 0. The van der Waals surface area contributed by atoms with Gasteiger partial charge >= 0.3 is 0 Å². The second-order valence-corrected chi connectivity index (χ2v) is 4.54. The monoisotopic (exact) mass is 248 g/mol. The van der Waals surface area contributed by atoms with Gasteiger partial charge in [0, 0.05) is 37.8 Å². The molecule has 1 aliphatic heterocycles. The summed E-state index contributed by atoms with van der Waals surface area (Å²) in [4.78, 5) is 2.31. The number of piperazine rings is 1. The molecule has 4 nitrogen and oxygen atoms in total. The summed E-state index contributed by atoms with van der Waals surface area (Å²) in [6.45, 7) is 7.57. The summed E-state index contributed by atoms with van der Waals surface area (Å²) in [5, 5.41) is 22.9. The molecular weight excluding hydrogens is 228 g/mol. The van der Waals surface area contributed by atoms with Gasteiger partial charge in [-0.05, 0) is 12.5 Å². The Morgan fingerprint density at radius 1 is 1.33 bits per heavy atom. The molecule has 1 saturated heterocycles. The molecule has 4 heteroatoms. The molecule has 0 aromatic heterocycles. The van der Waals surface area contributed by atoms with E-state index in [2.05, 4.69) is 16.8 Å². The normalized spacial score (nSPS) is 18.4. The number of para-hydroxylation sites is 1. The van der Waals surface area contributed by atoms with E-state index in [0.29, 0.717) is 0 Å². The van der Waals surface area contributed by atoms with Crippen molar-refractivity contribution in [1.29, 1.82) is 0 Å². The van der Waals surface area contributed by atoms with Crippen LogP contribution >= 0.6 is 0 Å². The number of aromatic hydroxyl groups is 2. The van der Waals surface area contributed by atoms with E-state index >= 15 is 0 Å². The van der Waals surface area contributed by atoms with Crippen LogP contribution in [0.15, 0.2) is 30.9 Å². The van der Waals surface area contributed by atoms with Gasteiger partial charge in [0.05, 0.1) is 0 Å². The highest BCUT2D eigenvalue weighted by molar-refractivity contribution is 5.46. The minimum atomic E-state index is -0.0586. The van der Waals surface area contributed by atoms with Gasteiger partial charge in [-0.3, -0.25) is 4.90 Å². The number of rotatable bonds is 4. The molecule has 0 aliphatic carbocycles. The number of hydrogen-bond acceptors (Lipinski definition) is 4. The van der Waals surface area contributed by atoms with Crippen molar-refractivity contribution in [3.63, 3.8) is 0 Å². The van der Waals surface area contributed by atoms with E-state index in [1.165, 1.54) is 6.07 Å². The molecular formula is C14H20N2O2. The highest BCUT2D eigenvalue weighted by Gasteiger charge is 2.24. The Hall–Kier alpha value is -1.52. The maximum Gasteiger partial charge on any atom is 0.162 e. The van der Waals surface area contributed by atoms with Gasteiger partial charge in [-0.25, -0.2) is 0 Å². The molecule has 0 amide bonds. The Labute approximate surface area is 108 Å². The quantitative estimate of drug-likeness (QED) is 0.560. The van der Waals surface area contributed by atoms with Crippen LogP contribution in [0.3, 0.4) is 0 Å². The molecule has 0 bridgehead atoms. The number of phenolic OH excluding ortho intramolecular Hbond substituents is 2. The molecule has 98 valence electrons. The van der Waals surface area contributed by atoms with Crippen LogP contribution in [0.2, 0.25) is 0 Å². The molecule has 0 unspecified atom stereocenters. The Morgan fingerprint density at radius 3 is 2.72 bits per heavy atom. The van der Waals surface area contributed by atoms with Gasteiger partial charge < -0.3 is 15.5 Å². The average Bonchev–Trinajstić information content (AvgIpc) is 2.41. The molecule has 3 N–H and O–H groups in total. The van der Waals surface area contributed by atoms with Crippen LogP contribution < -0.4 is 5.32 Å². The second-order valence-electron chi connectivity index (χ2n) is 4.54. The first-order chi connectivity index (χ1) is 8.74. The van der Waals surface area contributed by atoms with E-state index in [4.69, 9.17) is 0 Å². The summed E-state index contributed by atoms with van der Waals surface area (Å²) in [5.74, 6) is -0.0698. The van der Waals surface area contributed by atoms with Crippen LogP contribution in [0.25, 0.3) is 0 Å². The van der Waals surface area contributed by atoms with Crippen molar-refractivity contribution < 1.29 is 10.2 Å². The molecule has 1 fully saturated rings. The third kappa shape index (κ3) is 2.66. The van der Waals surface area contributed by atoms with E-state index in [1.807, 2.05) is 12.1 Å². The molecule has 1 aliphatic rings. The number of nitrogens with zero attached hydrogens (tertiary/aromatic N) is 1. The van der Waals surface area contributed by atoms with Crippen LogP contribution in [0.4, 0.5) is 0 Å². The predicted molar refractivity (Wildman–Crippen MR) is 71.8 cm³/mol. The van der Waals surface area contributed by atoms with Crippen LogP contribution in [0, 0.1) is 0 Å². The summed E-state index contributed by atoms with van der Waals surface area (Å²) in [5.41, 5.74) is 0.775. The van der Waals surface area contributed by atoms with Crippen molar-refractivity contribution in [2.24, 2.45) is 0 Å². The molecule has 2 rings (SSSR count). The molecule has 0 spiro atoms. The van der Waals surface area contributed by atoms with Gasteiger partial charge in [-0.1, -0.05) is 18.2 Å². The fraction of sp³-hybridized carbons (Fsp3) is 0.429. The van der Waals surface area contributed by atoms with E-state index in [-0.39, 0.29) is 17.5 Å². The topological polar surface area (TPSA) is 55.7 Å². The minimum absolute atomic E-state index is 0.0112. The van der Waals surface area contributed by atoms with Gasteiger partial charge in [-0.2, -0.15) is 0 Å². The first kappa shape index (κ1) is 12.9. The van der Waals surface area contributed by atoms with Crippen LogP contribution in [-0.4, -0.2) is 41.3 Å². The van der Waals surface area contributed by atoms with Crippen molar-refractivity contribution in [3.8, 4) is 11.5 Å². The first-order valence-electron chi connectivity index (χ1n) is 6.30. The highest BCUT2D eigenvalue weighted by atomic mass is 16.3. The average molecular weight is 248 g/mol. The third-order valence-corrected chi connectivity index (χ3v) is 3.39. The van der Waals surface area contributed by atoms with Crippen molar-refractivity contribution in [1.82, 2.24) is 10.2 Å².